The van der Waals surface area contributed by atoms with Crippen molar-refractivity contribution in [3.63, 3.8) is 0 Å². The molecule has 1 fully saturated rings. The molecule has 0 spiro atoms. The molecule has 0 radical (unpaired) electrons. The summed E-state index contributed by atoms with van der Waals surface area (Å²) >= 11 is 0. The van der Waals surface area contributed by atoms with Gasteiger partial charge in [-0.05, 0) is 39.9 Å². The molecule has 1 saturated heterocycles. The fourth-order valence-electron chi connectivity index (χ4n) is 2.47. The topological polar surface area (TPSA) is 35.6 Å². The second-order valence-corrected chi connectivity index (χ2v) is 5.21. The predicted octanol–water partition coefficient (Wildman–Crippen LogP) is 0.927. The number of rotatable bonds is 6. The molecule has 100 valence electrons. The van der Waals surface area contributed by atoms with Crippen LogP contribution >= 0.6 is 0 Å². The highest BCUT2D eigenvalue weighted by Crippen LogP contribution is 2.15. The molecule has 0 aromatic rings. The van der Waals surface area contributed by atoms with Crippen molar-refractivity contribution < 1.29 is 4.79 Å². The number of nitrogens with one attached hydrogen (secondary N) is 1. The van der Waals surface area contributed by atoms with Gasteiger partial charge in [0.25, 0.3) is 0 Å². The zero-order chi connectivity index (χ0) is 12.8. The Bertz CT molecular complexity index is 245. The first-order chi connectivity index (χ1) is 8.04. The van der Waals surface area contributed by atoms with E-state index < -0.39 is 0 Å². The van der Waals surface area contributed by atoms with Crippen LogP contribution in [0.2, 0.25) is 0 Å². The number of likely N-dealkylation sites (tertiary alicyclic amines) is 1. The Balaban J connectivity index is 2.31. The van der Waals surface area contributed by atoms with E-state index in [0.717, 1.165) is 13.1 Å². The lowest BCUT2D eigenvalue weighted by atomic mass is 10.2. The van der Waals surface area contributed by atoms with E-state index in [1.165, 1.54) is 19.4 Å². The van der Waals surface area contributed by atoms with Crippen molar-refractivity contribution in [3.05, 3.63) is 0 Å². The third-order valence-electron chi connectivity index (χ3n) is 3.62. The molecule has 1 heterocycles. The van der Waals surface area contributed by atoms with E-state index in [1.54, 1.807) is 0 Å². The van der Waals surface area contributed by atoms with Crippen LogP contribution in [0.5, 0.6) is 0 Å². The van der Waals surface area contributed by atoms with Crippen LogP contribution in [-0.4, -0.2) is 61.5 Å². The van der Waals surface area contributed by atoms with Crippen molar-refractivity contribution in [2.45, 2.75) is 45.2 Å². The maximum absolute atomic E-state index is 12.0. The Hall–Kier alpha value is -0.610. The zero-order valence-corrected chi connectivity index (χ0v) is 11.7. The lowest BCUT2D eigenvalue weighted by Gasteiger charge is -2.26. The van der Waals surface area contributed by atoms with Gasteiger partial charge >= 0.3 is 0 Å². The highest BCUT2D eigenvalue weighted by Gasteiger charge is 2.24. The first-order valence-corrected chi connectivity index (χ1v) is 6.72. The minimum absolute atomic E-state index is 0.249. The second-order valence-electron chi connectivity index (χ2n) is 5.21. The smallest absolute Gasteiger partial charge is 0.223 e. The SMILES string of the molecule is CCNC(C)CC(=O)N(C)CC1CCCN1C. The number of likely N-dealkylation sites (N-methyl/N-ethyl adjacent to an activating group) is 2. The van der Waals surface area contributed by atoms with Gasteiger partial charge in [0.15, 0.2) is 0 Å². The Labute approximate surface area is 105 Å². The first-order valence-electron chi connectivity index (χ1n) is 6.72. The largest absolute Gasteiger partial charge is 0.344 e. The van der Waals surface area contributed by atoms with Crippen LogP contribution in [0.15, 0.2) is 0 Å². The number of hydrogen-bond donors (Lipinski definition) is 1. The molecule has 1 aliphatic rings. The summed E-state index contributed by atoms with van der Waals surface area (Å²) in [6.07, 6.45) is 3.08. The van der Waals surface area contributed by atoms with Crippen molar-refractivity contribution >= 4 is 5.91 Å². The van der Waals surface area contributed by atoms with Gasteiger partial charge in [0.2, 0.25) is 5.91 Å². The van der Waals surface area contributed by atoms with Crippen LogP contribution in [0.1, 0.15) is 33.1 Å². The van der Waals surface area contributed by atoms with E-state index in [9.17, 15) is 4.79 Å². The third kappa shape index (κ3) is 4.64. The summed E-state index contributed by atoms with van der Waals surface area (Å²) in [5, 5.41) is 3.28. The maximum atomic E-state index is 12.0. The van der Waals surface area contributed by atoms with Gasteiger partial charge in [0.1, 0.15) is 0 Å². The van der Waals surface area contributed by atoms with Crippen LogP contribution in [0.25, 0.3) is 0 Å². The van der Waals surface area contributed by atoms with Crippen molar-refractivity contribution in [2.24, 2.45) is 0 Å². The average Bonchev–Trinajstić information content (AvgIpc) is 2.64. The summed E-state index contributed by atoms with van der Waals surface area (Å²) in [7, 11) is 4.07. The zero-order valence-electron chi connectivity index (χ0n) is 11.7. The predicted molar refractivity (Wildman–Crippen MR) is 71.0 cm³/mol. The molecule has 4 nitrogen and oxygen atoms in total. The summed E-state index contributed by atoms with van der Waals surface area (Å²) < 4.78 is 0. The monoisotopic (exact) mass is 241 g/mol. The third-order valence-corrected chi connectivity index (χ3v) is 3.62. The number of carbonyl (C=O) groups is 1. The van der Waals surface area contributed by atoms with Crippen LogP contribution in [0, 0.1) is 0 Å². The number of hydrogen-bond acceptors (Lipinski definition) is 3. The molecule has 1 rings (SSSR count). The normalized spacial score (nSPS) is 22.7. The standard InChI is InChI=1S/C13H27N3O/c1-5-14-11(2)9-13(17)16(4)10-12-7-6-8-15(12)3/h11-12,14H,5-10H2,1-4H3. The van der Waals surface area contributed by atoms with E-state index >= 15 is 0 Å². The van der Waals surface area contributed by atoms with E-state index in [-0.39, 0.29) is 11.9 Å². The minimum Gasteiger partial charge on any atom is -0.344 e. The summed E-state index contributed by atoms with van der Waals surface area (Å²) in [5.74, 6) is 0.249. The van der Waals surface area contributed by atoms with Crippen molar-refractivity contribution in [1.29, 1.82) is 0 Å². The van der Waals surface area contributed by atoms with Crippen molar-refractivity contribution in [3.8, 4) is 0 Å². The lowest BCUT2D eigenvalue weighted by Crippen LogP contribution is -2.41. The molecule has 0 aromatic carbocycles. The maximum Gasteiger partial charge on any atom is 0.223 e. The fraction of sp³-hybridized carbons (Fsp3) is 0.923. The quantitative estimate of drug-likeness (QED) is 0.751. The molecule has 1 N–H and O–H groups in total. The molecule has 4 heteroatoms. The highest BCUT2D eigenvalue weighted by atomic mass is 16.2. The Morgan fingerprint density at radius 3 is 2.82 bits per heavy atom. The number of amides is 1. The number of carbonyl (C=O) groups excluding carboxylic acids is 1. The lowest BCUT2D eigenvalue weighted by molar-refractivity contribution is -0.130. The molecule has 1 amide bonds. The second kappa shape index (κ2) is 6.97. The first kappa shape index (κ1) is 14.5. The van der Waals surface area contributed by atoms with Crippen molar-refractivity contribution in [2.75, 3.05) is 33.7 Å². The molecule has 0 saturated carbocycles. The van der Waals surface area contributed by atoms with E-state index in [4.69, 9.17) is 0 Å². The molecule has 2 atom stereocenters. The van der Waals surface area contributed by atoms with Gasteiger partial charge in [-0.25, -0.2) is 0 Å². The Morgan fingerprint density at radius 1 is 1.59 bits per heavy atom. The van der Waals surface area contributed by atoms with Gasteiger partial charge in [-0.2, -0.15) is 0 Å². The summed E-state index contributed by atoms with van der Waals surface area (Å²) in [4.78, 5) is 16.2. The Morgan fingerprint density at radius 2 is 2.29 bits per heavy atom. The van der Waals surface area contributed by atoms with Gasteiger partial charge in [-0.15, -0.1) is 0 Å². The van der Waals surface area contributed by atoms with Crippen LogP contribution in [0.3, 0.4) is 0 Å². The van der Waals surface area contributed by atoms with E-state index in [2.05, 4.69) is 31.1 Å². The molecule has 1 aliphatic heterocycles. The van der Waals surface area contributed by atoms with Gasteiger partial charge in [-0.1, -0.05) is 6.92 Å². The summed E-state index contributed by atoms with van der Waals surface area (Å²) in [6, 6.07) is 0.828. The summed E-state index contributed by atoms with van der Waals surface area (Å²) in [6.45, 7) is 7.09. The highest BCUT2D eigenvalue weighted by molar-refractivity contribution is 5.76. The van der Waals surface area contributed by atoms with Gasteiger partial charge in [-0.3, -0.25) is 4.79 Å². The minimum atomic E-state index is 0.249. The van der Waals surface area contributed by atoms with Gasteiger partial charge < -0.3 is 15.1 Å². The molecular formula is C13H27N3O. The number of nitrogens with zero attached hydrogens (tertiary/aromatic N) is 2. The van der Waals surface area contributed by atoms with Crippen LogP contribution in [-0.2, 0) is 4.79 Å². The fourth-order valence-corrected chi connectivity index (χ4v) is 2.47. The van der Waals surface area contributed by atoms with Crippen LogP contribution in [0.4, 0.5) is 0 Å². The molecular weight excluding hydrogens is 214 g/mol. The van der Waals surface area contributed by atoms with Gasteiger partial charge in [0, 0.05) is 32.1 Å². The summed E-state index contributed by atoms with van der Waals surface area (Å²) in [5.41, 5.74) is 0. The molecule has 0 bridgehead atoms. The van der Waals surface area contributed by atoms with Crippen molar-refractivity contribution in [1.82, 2.24) is 15.1 Å². The van der Waals surface area contributed by atoms with Crippen LogP contribution < -0.4 is 5.32 Å². The van der Waals surface area contributed by atoms with E-state index in [1.807, 2.05) is 11.9 Å². The molecule has 2 unspecified atom stereocenters. The molecule has 17 heavy (non-hydrogen) atoms. The molecule has 0 aliphatic carbocycles. The van der Waals surface area contributed by atoms with Gasteiger partial charge in [0.05, 0.1) is 0 Å². The van der Waals surface area contributed by atoms with E-state index in [0.29, 0.717) is 12.5 Å². The average molecular weight is 241 g/mol. The molecule has 0 aromatic heterocycles. The Kier molecular flexibility index (Phi) is 5.92.